The lowest BCUT2D eigenvalue weighted by molar-refractivity contribution is -0.143. The second-order valence-electron chi connectivity index (χ2n) is 5.52. The normalized spacial score (nSPS) is 28.5. The van der Waals surface area contributed by atoms with Gasteiger partial charge < -0.3 is 5.11 Å². The highest BCUT2D eigenvalue weighted by molar-refractivity contribution is 8.47. The molecule has 21 heavy (non-hydrogen) atoms. The first-order chi connectivity index (χ1) is 10.0. The predicted molar refractivity (Wildman–Crippen MR) is 84.6 cm³/mol. The van der Waals surface area contributed by atoms with Crippen LogP contribution in [-0.2, 0) is 22.4 Å². The van der Waals surface area contributed by atoms with Crippen LogP contribution in [0.1, 0.15) is 18.1 Å². The summed E-state index contributed by atoms with van der Waals surface area (Å²) in [6.45, 7) is 1.87. The molecule has 0 saturated heterocycles. The molecule has 5 heteroatoms. The number of hydrogen-bond donors (Lipinski definition) is 2. The van der Waals surface area contributed by atoms with Gasteiger partial charge in [0.15, 0.2) is 5.62 Å². The monoisotopic (exact) mass is 303 g/mol. The van der Waals surface area contributed by atoms with Gasteiger partial charge in [0.25, 0.3) is 0 Å². The Hall–Kier alpha value is -1.85. The molecular formula is C16H17NO3S. The fourth-order valence-electron chi connectivity index (χ4n) is 2.97. The quantitative estimate of drug-likeness (QED) is 0.839. The third-order valence-corrected chi connectivity index (χ3v) is 7.01. The number of carboxylic acids is 1. The van der Waals surface area contributed by atoms with E-state index >= 15 is 0 Å². The van der Waals surface area contributed by atoms with Crippen molar-refractivity contribution < 1.29 is 14.7 Å². The second kappa shape index (κ2) is 4.86. The van der Waals surface area contributed by atoms with Gasteiger partial charge in [-0.15, -0.1) is 0 Å². The number of aliphatic carboxylic acids is 1. The van der Waals surface area contributed by atoms with Crippen LogP contribution in [0.3, 0.4) is 0 Å². The van der Waals surface area contributed by atoms with Crippen molar-refractivity contribution in [2.24, 2.45) is 0 Å². The van der Waals surface area contributed by atoms with Crippen molar-refractivity contribution in [3.05, 3.63) is 57.9 Å². The minimum Gasteiger partial charge on any atom is -0.480 e. The standard InChI is InChI=1S/C16H17NO3S/c1-12-5-4-8-21(12,11-18)17-16(15(19)20)9-13-6-2-3-7-14(13)10-16/h2-8,11,17H,9-10H2,1H3,(H,19,20). The van der Waals surface area contributed by atoms with E-state index in [4.69, 9.17) is 0 Å². The molecule has 3 rings (SSSR count). The van der Waals surface area contributed by atoms with Crippen molar-refractivity contribution in [2.75, 3.05) is 0 Å². The molecule has 0 aromatic heterocycles. The molecule has 1 atom stereocenters. The van der Waals surface area contributed by atoms with Crippen molar-refractivity contribution in [3.8, 4) is 0 Å². The van der Waals surface area contributed by atoms with Gasteiger partial charge in [-0.2, -0.15) is 0 Å². The molecule has 2 aliphatic rings. The van der Waals surface area contributed by atoms with Crippen LogP contribution in [0, 0.1) is 0 Å². The number of carboxylic acid groups (broad SMARTS) is 1. The molecule has 1 unspecified atom stereocenters. The summed E-state index contributed by atoms with van der Waals surface area (Å²) in [6, 6.07) is 7.75. The van der Waals surface area contributed by atoms with E-state index in [1.54, 1.807) is 0 Å². The second-order valence-corrected chi connectivity index (χ2v) is 8.25. The van der Waals surface area contributed by atoms with Gasteiger partial charge in [0.2, 0.25) is 0 Å². The molecule has 0 fully saturated rings. The number of rotatable bonds is 4. The molecule has 1 aliphatic carbocycles. The summed E-state index contributed by atoms with van der Waals surface area (Å²) in [5.41, 5.74) is 1.84. The summed E-state index contributed by atoms with van der Waals surface area (Å²) >= 11 is 0. The van der Waals surface area contributed by atoms with E-state index in [1.165, 1.54) is 0 Å². The smallest absolute Gasteiger partial charge is 0.325 e. The van der Waals surface area contributed by atoms with Gasteiger partial charge in [0.1, 0.15) is 5.54 Å². The van der Waals surface area contributed by atoms with E-state index in [9.17, 15) is 14.7 Å². The molecule has 4 nitrogen and oxygen atoms in total. The molecule has 2 N–H and O–H groups in total. The molecule has 0 bridgehead atoms. The van der Waals surface area contributed by atoms with Gasteiger partial charge in [-0.3, -0.25) is 14.3 Å². The first-order valence-corrected chi connectivity index (χ1v) is 8.50. The minimum absolute atomic E-state index is 0.405. The zero-order chi connectivity index (χ0) is 15.1. The molecule has 0 spiro atoms. The topological polar surface area (TPSA) is 66.4 Å². The average Bonchev–Trinajstić information content (AvgIpc) is 3.01. The number of nitrogens with one attached hydrogen (secondary N) is 1. The maximum atomic E-state index is 11.9. The average molecular weight is 303 g/mol. The summed E-state index contributed by atoms with van der Waals surface area (Å²) in [4.78, 5) is 24.5. The lowest BCUT2D eigenvalue weighted by Gasteiger charge is -2.39. The van der Waals surface area contributed by atoms with Crippen LogP contribution in [-0.4, -0.2) is 22.2 Å². The highest BCUT2D eigenvalue weighted by Gasteiger charge is 2.48. The van der Waals surface area contributed by atoms with Gasteiger partial charge in [0.05, 0.1) is 0 Å². The number of allylic oxidation sites excluding steroid dienone is 3. The van der Waals surface area contributed by atoms with E-state index in [0.717, 1.165) is 21.7 Å². The zero-order valence-corrected chi connectivity index (χ0v) is 12.5. The van der Waals surface area contributed by atoms with E-state index in [1.807, 2.05) is 48.7 Å². The Kier molecular flexibility index (Phi) is 3.26. The molecule has 0 saturated carbocycles. The van der Waals surface area contributed by atoms with Crippen molar-refractivity contribution in [1.82, 2.24) is 4.72 Å². The maximum absolute atomic E-state index is 11.9. The summed E-state index contributed by atoms with van der Waals surface area (Å²) in [6.07, 6.45) is 4.50. The van der Waals surface area contributed by atoms with Gasteiger partial charge in [-0.05, 0) is 28.4 Å². The minimum atomic E-state index is -2.01. The molecule has 1 heterocycles. The van der Waals surface area contributed by atoms with Gasteiger partial charge in [-0.1, -0.05) is 46.6 Å². The van der Waals surface area contributed by atoms with Crippen molar-refractivity contribution >= 4 is 21.8 Å². The number of hydrogen-bond acceptors (Lipinski definition) is 3. The highest BCUT2D eigenvalue weighted by Crippen LogP contribution is 2.56. The van der Waals surface area contributed by atoms with Gasteiger partial charge >= 0.3 is 5.97 Å². The predicted octanol–water partition coefficient (Wildman–Crippen LogP) is 2.54. The molecule has 0 radical (unpaired) electrons. The van der Waals surface area contributed by atoms with E-state index in [0.29, 0.717) is 12.8 Å². The SMILES string of the molecule is CC1=CC=CS1(C=O)NC1(C(=O)O)Cc2ccccc2C1. The van der Waals surface area contributed by atoms with Crippen molar-refractivity contribution in [3.63, 3.8) is 0 Å². The summed E-state index contributed by atoms with van der Waals surface area (Å²) in [5, 5.41) is 11.6. The summed E-state index contributed by atoms with van der Waals surface area (Å²) in [5.74, 6) is -0.902. The Balaban J connectivity index is 1.99. The summed E-state index contributed by atoms with van der Waals surface area (Å²) in [7, 11) is -2.01. The Morgan fingerprint density at radius 3 is 2.38 bits per heavy atom. The Labute approximate surface area is 125 Å². The van der Waals surface area contributed by atoms with E-state index in [2.05, 4.69) is 4.72 Å². The Morgan fingerprint density at radius 1 is 1.33 bits per heavy atom. The van der Waals surface area contributed by atoms with Gasteiger partial charge in [0, 0.05) is 12.8 Å². The van der Waals surface area contributed by atoms with Crippen LogP contribution in [0.15, 0.2) is 46.7 Å². The third-order valence-electron chi connectivity index (χ3n) is 4.19. The Bertz CT molecular complexity index is 655. The number of carbonyl (C=O) groups excluding carboxylic acids is 1. The first kappa shape index (κ1) is 14.1. The van der Waals surface area contributed by atoms with Crippen LogP contribution in [0.25, 0.3) is 0 Å². The maximum Gasteiger partial charge on any atom is 0.325 e. The number of fused-ring (bicyclic) bond motifs is 1. The zero-order valence-electron chi connectivity index (χ0n) is 11.7. The van der Waals surface area contributed by atoms with Gasteiger partial charge in [-0.25, -0.2) is 0 Å². The molecular weight excluding hydrogens is 286 g/mol. The van der Waals surface area contributed by atoms with E-state index < -0.39 is 21.7 Å². The van der Waals surface area contributed by atoms with E-state index in [-0.39, 0.29) is 0 Å². The number of carbonyl (C=O) groups is 2. The van der Waals surface area contributed by atoms with Crippen LogP contribution in [0.5, 0.6) is 0 Å². The molecule has 1 aromatic rings. The summed E-state index contributed by atoms with van der Waals surface area (Å²) < 4.78 is 3.21. The fourth-order valence-corrected chi connectivity index (χ4v) is 5.19. The molecule has 110 valence electrons. The van der Waals surface area contributed by atoms with Crippen LogP contribution in [0.4, 0.5) is 0 Å². The third kappa shape index (κ3) is 2.13. The fraction of sp³-hybridized carbons (Fsp3) is 0.250. The van der Waals surface area contributed by atoms with Crippen LogP contribution >= 0.6 is 10.2 Å². The van der Waals surface area contributed by atoms with Crippen molar-refractivity contribution in [2.45, 2.75) is 25.3 Å². The molecule has 1 aromatic carbocycles. The molecule has 0 amide bonds. The largest absolute Gasteiger partial charge is 0.480 e. The lowest BCUT2D eigenvalue weighted by Crippen LogP contribution is -2.53. The Morgan fingerprint density at radius 2 is 1.95 bits per heavy atom. The van der Waals surface area contributed by atoms with Crippen LogP contribution < -0.4 is 4.72 Å². The lowest BCUT2D eigenvalue weighted by atomic mass is 9.98. The van der Waals surface area contributed by atoms with Crippen molar-refractivity contribution in [1.29, 1.82) is 0 Å². The highest BCUT2D eigenvalue weighted by atomic mass is 32.3. The molecule has 1 aliphatic heterocycles. The number of benzene rings is 1. The van der Waals surface area contributed by atoms with Crippen LogP contribution in [0.2, 0.25) is 0 Å². The first-order valence-electron chi connectivity index (χ1n) is 6.74.